The van der Waals surface area contributed by atoms with Crippen molar-refractivity contribution in [2.24, 2.45) is 11.1 Å². The van der Waals surface area contributed by atoms with E-state index < -0.39 is 0 Å². The number of amides is 1. The summed E-state index contributed by atoms with van der Waals surface area (Å²) < 4.78 is 11.0. The lowest BCUT2D eigenvalue weighted by molar-refractivity contribution is -0.133. The van der Waals surface area contributed by atoms with Gasteiger partial charge in [0.2, 0.25) is 5.91 Å². The van der Waals surface area contributed by atoms with Crippen molar-refractivity contribution in [1.29, 1.82) is 0 Å². The van der Waals surface area contributed by atoms with Crippen LogP contribution in [0.2, 0.25) is 0 Å². The maximum Gasteiger partial charge on any atom is 0.223 e. The number of benzene rings is 1. The molecule has 0 unspecified atom stereocenters. The van der Waals surface area contributed by atoms with E-state index in [1.54, 1.807) is 12.0 Å². The van der Waals surface area contributed by atoms with Crippen molar-refractivity contribution in [1.82, 2.24) is 4.90 Å². The van der Waals surface area contributed by atoms with Crippen LogP contribution < -0.4 is 15.2 Å². The summed E-state index contributed by atoms with van der Waals surface area (Å²) in [6.07, 6.45) is 6.32. The van der Waals surface area contributed by atoms with Crippen molar-refractivity contribution in [3.05, 3.63) is 24.3 Å². The van der Waals surface area contributed by atoms with Crippen LogP contribution >= 0.6 is 0 Å². The summed E-state index contributed by atoms with van der Waals surface area (Å²) >= 11 is 0. The predicted molar refractivity (Wildman–Crippen MR) is 95.3 cm³/mol. The zero-order valence-corrected chi connectivity index (χ0v) is 14.9. The molecule has 0 spiro atoms. The molecule has 5 nitrogen and oxygen atoms in total. The fourth-order valence-corrected chi connectivity index (χ4v) is 3.37. The minimum atomic E-state index is 0.00704. The summed E-state index contributed by atoms with van der Waals surface area (Å²) in [7, 11) is 3.45. The molecule has 1 fully saturated rings. The van der Waals surface area contributed by atoms with Crippen molar-refractivity contribution in [2.45, 2.75) is 38.5 Å². The molecule has 0 radical (unpaired) electrons. The predicted octanol–water partition coefficient (Wildman–Crippen LogP) is 2.83. The van der Waals surface area contributed by atoms with Crippen LogP contribution in [0.1, 0.15) is 38.5 Å². The molecule has 1 aromatic rings. The third kappa shape index (κ3) is 4.87. The van der Waals surface area contributed by atoms with E-state index in [1.807, 2.05) is 31.3 Å². The molecule has 1 saturated carbocycles. The molecule has 1 aliphatic rings. The summed E-state index contributed by atoms with van der Waals surface area (Å²) in [5, 5.41) is 0. The molecule has 0 bridgehead atoms. The Hall–Kier alpha value is -1.75. The molecule has 5 heteroatoms. The Labute approximate surface area is 145 Å². The molecule has 0 aromatic heterocycles. The van der Waals surface area contributed by atoms with Gasteiger partial charge >= 0.3 is 0 Å². The highest BCUT2D eigenvalue weighted by Crippen LogP contribution is 2.38. The number of para-hydroxylation sites is 2. The largest absolute Gasteiger partial charge is 0.493 e. The van der Waals surface area contributed by atoms with Crippen LogP contribution in [0.4, 0.5) is 0 Å². The molecule has 2 rings (SSSR count). The van der Waals surface area contributed by atoms with E-state index in [4.69, 9.17) is 15.2 Å². The van der Waals surface area contributed by atoms with E-state index in [9.17, 15) is 4.79 Å². The second-order valence-corrected chi connectivity index (χ2v) is 6.76. The molecule has 24 heavy (non-hydrogen) atoms. The summed E-state index contributed by atoms with van der Waals surface area (Å²) in [6.45, 7) is 1.60. The van der Waals surface area contributed by atoms with Crippen LogP contribution in [-0.2, 0) is 4.79 Å². The average Bonchev–Trinajstić information content (AvgIpc) is 2.62. The van der Waals surface area contributed by atoms with Crippen LogP contribution in [0.15, 0.2) is 24.3 Å². The molecule has 2 N–H and O–H groups in total. The van der Waals surface area contributed by atoms with E-state index >= 15 is 0 Å². The molecular formula is C19H30N2O3. The number of likely N-dealkylation sites (N-methyl/N-ethyl adjacent to an activating group) is 1. The van der Waals surface area contributed by atoms with Crippen molar-refractivity contribution < 1.29 is 14.3 Å². The van der Waals surface area contributed by atoms with Crippen LogP contribution in [0, 0.1) is 5.41 Å². The van der Waals surface area contributed by atoms with Gasteiger partial charge in [0.25, 0.3) is 0 Å². The van der Waals surface area contributed by atoms with Gasteiger partial charge < -0.3 is 20.1 Å². The zero-order chi connectivity index (χ0) is 17.4. The normalized spacial score (nSPS) is 16.5. The Morgan fingerprint density at radius 2 is 1.88 bits per heavy atom. The lowest BCUT2D eigenvalue weighted by Gasteiger charge is -2.36. The molecule has 134 valence electrons. The molecule has 0 atom stereocenters. The third-order valence-electron chi connectivity index (χ3n) is 5.05. The molecule has 1 aliphatic carbocycles. The SMILES string of the molecule is COc1ccccc1OCCN(C)C(=O)CC1(CN)CCCCC1. The first-order valence-electron chi connectivity index (χ1n) is 8.80. The first-order chi connectivity index (χ1) is 11.6. The van der Waals surface area contributed by atoms with Gasteiger partial charge in [-0.05, 0) is 36.9 Å². The number of methoxy groups -OCH3 is 1. The molecule has 1 amide bonds. The van der Waals surface area contributed by atoms with E-state index in [0.717, 1.165) is 12.8 Å². The lowest BCUT2D eigenvalue weighted by atomic mass is 9.71. The van der Waals surface area contributed by atoms with Gasteiger partial charge in [-0.2, -0.15) is 0 Å². The van der Waals surface area contributed by atoms with Gasteiger partial charge in [-0.25, -0.2) is 0 Å². The first kappa shape index (κ1) is 18.6. The van der Waals surface area contributed by atoms with Gasteiger partial charge in [0.1, 0.15) is 6.61 Å². The Balaban J connectivity index is 1.81. The number of nitrogens with zero attached hydrogens (tertiary/aromatic N) is 1. The molecule has 1 aromatic carbocycles. The highest BCUT2D eigenvalue weighted by atomic mass is 16.5. The van der Waals surface area contributed by atoms with Gasteiger partial charge in [-0.3, -0.25) is 4.79 Å². The lowest BCUT2D eigenvalue weighted by Crippen LogP contribution is -2.40. The third-order valence-corrected chi connectivity index (χ3v) is 5.05. The number of nitrogens with two attached hydrogens (primary N) is 1. The van der Waals surface area contributed by atoms with E-state index in [2.05, 4.69) is 0 Å². The fraction of sp³-hybridized carbons (Fsp3) is 0.632. The Kier molecular flexibility index (Phi) is 6.91. The molecular weight excluding hydrogens is 304 g/mol. The second-order valence-electron chi connectivity index (χ2n) is 6.76. The Morgan fingerprint density at radius 3 is 2.50 bits per heavy atom. The number of hydrogen-bond acceptors (Lipinski definition) is 4. The second kappa shape index (κ2) is 8.92. The zero-order valence-electron chi connectivity index (χ0n) is 14.9. The minimum absolute atomic E-state index is 0.00704. The van der Waals surface area contributed by atoms with E-state index in [1.165, 1.54) is 19.3 Å². The number of ether oxygens (including phenoxy) is 2. The van der Waals surface area contributed by atoms with Crippen molar-refractivity contribution in [3.8, 4) is 11.5 Å². The highest BCUT2D eigenvalue weighted by molar-refractivity contribution is 5.76. The smallest absolute Gasteiger partial charge is 0.223 e. The van der Waals surface area contributed by atoms with Gasteiger partial charge in [-0.15, -0.1) is 0 Å². The summed E-state index contributed by atoms with van der Waals surface area (Å²) in [5.74, 6) is 1.56. The number of rotatable bonds is 8. The van der Waals surface area contributed by atoms with Crippen LogP contribution in [0.5, 0.6) is 11.5 Å². The molecule has 0 aliphatic heterocycles. The molecule has 0 heterocycles. The number of hydrogen-bond donors (Lipinski definition) is 1. The van der Waals surface area contributed by atoms with Gasteiger partial charge in [0.15, 0.2) is 11.5 Å². The number of carbonyl (C=O) groups excluding carboxylic acids is 1. The number of carbonyl (C=O) groups is 1. The van der Waals surface area contributed by atoms with Crippen LogP contribution in [-0.4, -0.2) is 44.7 Å². The van der Waals surface area contributed by atoms with Gasteiger partial charge in [0, 0.05) is 13.5 Å². The maximum atomic E-state index is 12.5. The standard InChI is InChI=1S/C19H30N2O3/c1-21(12-13-24-17-9-5-4-8-16(17)23-2)18(22)14-19(15-20)10-6-3-7-11-19/h4-5,8-9H,3,6-7,10-15,20H2,1-2H3. The quantitative estimate of drug-likeness (QED) is 0.794. The van der Waals surface area contributed by atoms with E-state index in [-0.39, 0.29) is 11.3 Å². The summed E-state index contributed by atoms with van der Waals surface area (Å²) in [6, 6.07) is 7.53. The first-order valence-corrected chi connectivity index (χ1v) is 8.80. The van der Waals surface area contributed by atoms with Crippen molar-refractivity contribution in [2.75, 3.05) is 33.9 Å². The summed E-state index contributed by atoms with van der Waals surface area (Å²) in [5.41, 5.74) is 5.99. The fourth-order valence-electron chi connectivity index (χ4n) is 3.37. The van der Waals surface area contributed by atoms with Gasteiger partial charge in [-0.1, -0.05) is 31.4 Å². The topological polar surface area (TPSA) is 64.8 Å². The summed E-state index contributed by atoms with van der Waals surface area (Å²) in [4.78, 5) is 14.3. The van der Waals surface area contributed by atoms with Crippen molar-refractivity contribution in [3.63, 3.8) is 0 Å². The van der Waals surface area contributed by atoms with E-state index in [0.29, 0.717) is 37.6 Å². The van der Waals surface area contributed by atoms with Crippen molar-refractivity contribution >= 4 is 5.91 Å². The van der Waals surface area contributed by atoms with Gasteiger partial charge in [0.05, 0.1) is 13.7 Å². The Morgan fingerprint density at radius 1 is 1.21 bits per heavy atom. The Bertz CT molecular complexity index is 527. The van der Waals surface area contributed by atoms with Crippen LogP contribution in [0.3, 0.4) is 0 Å². The maximum absolute atomic E-state index is 12.5. The monoisotopic (exact) mass is 334 g/mol. The minimum Gasteiger partial charge on any atom is -0.493 e. The van der Waals surface area contributed by atoms with Crippen LogP contribution in [0.25, 0.3) is 0 Å². The average molecular weight is 334 g/mol. The highest BCUT2D eigenvalue weighted by Gasteiger charge is 2.33. The molecule has 0 saturated heterocycles.